The Balaban J connectivity index is 3.84. The average Bonchev–Trinajstić information content (AvgIpc) is 1.99. The van der Waals surface area contributed by atoms with Crippen LogP contribution < -0.4 is 0 Å². The number of nitriles is 1. The first-order valence-electron chi connectivity index (χ1n) is 3.39. The quantitative estimate of drug-likeness (QED) is 0.618. The highest BCUT2D eigenvalue weighted by Crippen LogP contribution is 2.16. The van der Waals surface area contributed by atoms with Crippen LogP contribution in [0.4, 0.5) is 0 Å². The summed E-state index contributed by atoms with van der Waals surface area (Å²) in [5.41, 5.74) is 0. The van der Waals surface area contributed by atoms with Gasteiger partial charge in [0.1, 0.15) is 4.32 Å². The molecule has 0 saturated heterocycles. The predicted molar refractivity (Wildman–Crippen MR) is 53.6 cm³/mol. The molecular weight excluding hydrogens is 176 g/mol. The Labute approximate surface area is 77.6 Å². The molecule has 0 amide bonds. The summed E-state index contributed by atoms with van der Waals surface area (Å²) in [6.45, 7) is 1.99. The molecule has 0 fully saturated rings. The lowest BCUT2D eigenvalue weighted by Gasteiger charge is -2.14. The molecule has 0 aromatic heterocycles. The van der Waals surface area contributed by atoms with Crippen LogP contribution in [0.25, 0.3) is 0 Å². The SMILES string of the molecule is CCC(C#N)SC(=S)N(C)C. The van der Waals surface area contributed by atoms with E-state index in [1.165, 1.54) is 11.8 Å². The van der Waals surface area contributed by atoms with E-state index in [0.717, 1.165) is 10.7 Å². The Morgan fingerprint density at radius 3 is 2.55 bits per heavy atom. The monoisotopic (exact) mass is 188 g/mol. The number of thiocarbonyl (C=S) groups is 1. The van der Waals surface area contributed by atoms with Crippen molar-refractivity contribution in [2.75, 3.05) is 14.1 Å². The summed E-state index contributed by atoms with van der Waals surface area (Å²) in [5.74, 6) is 0. The van der Waals surface area contributed by atoms with Crippen molar-refractivity contribution < 1.29 is 0 Å². The summed E-state index contributed by atoms with van der Waals surface area (Å²) in [6.07, 6.45) is 0.842. The van der Waals surface area contributed by atoms with Gasteiger partial charge in [0.15, 0.2) is 0 Å². The predicted octanol–water partition coefficient (Wildman–Crippen LogP) is 1.87. The first-order valence-corrected chi connectivity index (χ1v) is 4.68. The molecule has 0 radical (unpaired) electrons. The number of hydrogen-bond donors (Lipinski definition) is 0. The van der Waals surface area contributed by atoms with E-state index in [2.05, 4.69) is 6.07 Å². The van der Waals surface area contributed by atoms with Crippen molar-refractivity contribution >= 4 is 28.3 Å². The van der Waals surface area contributed by atoms with Crippen LogP contribution in [0.2, 0.25) is 0 Å². The molecule has 0 aliphatic rings. The van der Waals surface area contributed by atoms with Gasteiger partial charge in [0.25, 0.3) is 0 Å². The third-order valence-electron chi connectivity index (χ3n) is 1.12. The molecule has 62 valence electrons. The van der Waals surface area contributed by atoms with Gasteiger partial charge in [-0.1, -0.05) is 30.9 Å². The van der Waals surface area contributed by atoms with E-state index in [9.17, 15) is 0 Å². The summed E-state index contributed by atoms with van der Waals surface area (Å²) >= 11 is 6.47. The van der Waals surface area contributed by atoms with E-state index >= 15 is 0 Å². The van der Waals surface area contributed by atoms with E-state index in [4.69, 9.17) is 17.5 Å². The van der Waals surface area contributed by atoms with Crippen LogP contribution >= 0.6 is 24.0 Å². The van der Waals surface area contributed by atoms with Crippen molar-refractivity contribution in [2.45, 2.75) is 18.6 Å². The summed E-state index contributed by atoms with van der Waals surface area (Å²) < 4.78 is 0.776. The Bertz CT molecular complexity index is 172. The number of nitrogens with zero attached hydrogens (tertiary/aromatic N) is 2. The third kappa shape index (κ3) is 4.23. The fourth-order valence-corrected chi connectivity index (χ4v) is 1.45. The molecule has 2 nitrogen and oxygen atoms in total. The molecule has 0 aliphatic heterocycles. The van der Waals surface area contributed by atoms with Crippen molar-refractivity contribution in [2.24, 2.45) is 0 Å². The second-order valence-corrected chi connectivity index (χ2v) is 4.14. The first kappa shape index (κ1) is 10.7. The minimum atomic E-state index is 0.00454. The Morgan fingerprint density at radius 2 is 2.27 bits per heavy atom. The van der Waals surface area contributed by atoms with E-state index in [-0.39, 0.29) is 5.25 Å². The normalized spacial score (nSPS) is 11.8. The highest BCUT2D eigenvalue weighted by atomic mass is 32.2. The standard InChI is InChI=1S/C7H12N2S2/c1-4-6(5-8)11-7(10)9(2)3/h6H,4H2,1-3H3. The number of rotatable bonds is 2. The van der Waals surface area contributed by atoms with Gasteiger partial charge in [-0.2, -0.15) is 5.26 Å². The fraction of sp³-hybridized carbons (Fsp3) is 0.714. The smallest absolute Gasteiger partial charge is 0.137 e. The maximum atomic E-state index is 8.61. The molecule has 0 spiro atoms. The molecule has 0 aromatic carbocycles. The van der Waals surface area contributed by atoms with Gasteiger partial charge in [0.05, 0.1) is 11.3 Å². The number of thioether (sulfide) groups is 1. The zero-order valence-corrected chi connectivity index (χ0v) is 8.63. The van der Waals surface area contributed by atoms with E-state index in [0.29, 0.717) is 0 Å². The molecule has 0 saturated carbocycles. The summed E-state index contributed by atoms with van der Waals surface area (Å²) in [6, 6.07) is 2.19. The van der Waals surface area contributed by atoms with Gasteiger partial charge in [-0.05, 0) is 6.42 Å². The molecule has 0 aromatic rings. The van der Waals surface area contributed by atoms with Gasteiger partial charge >= 0.3 is 0 Å². The van der Waals surface area contributed by atoms with Crippen molar-refractivity contribution in [3.8, 4) is 6.07 Å². The average molecular weight is 188 g/mol. The fourth-order valence-electron chi connectivity index (χ4n) is 0.428. The number of hydrogen-bond acceptors (Lipinski definition) is 3. The second-order valence-electron chi connectivity index (χ2n) is 2.30. The van der Waals surface area contributed by atoms with E-state index in [1.807, 2.05) is 25.9 Å². The zero-order chi connectivity index (χ0) is 8.85. The highest BCUT2D eigenvalue weighted by Gasteiger charge is 2.09. The lowest BCUT2D eigenvalue weighted by Crippen LogP contribution is -2.18. The molecule has 1 unspecified atom stereocenters. The summed E-state index contributed by atoms with van der Waals surface area (Å²) in [4.78, 5) is 1.85. The van der Waals surface area contributed by atoms with Crippen LogP contribution in [-0.2, 0) is 0 Å². The molecule has 0 rings (SSSR count). The first-order chi connectivity index (χ1) is 5.11. The van der Waals surface area contributed by atoms with Gasteiger partial charge in [0, 0.05) is 14.1 Å². The lowest BCUT2D eigenvalue weighted by atomic mass is 10.4. The van der Waals surface area contributed by atoms with Crippen molar-refractivity contribution in [3.05, 3.63) is 0 Å². The maximum Gasteiger partial charge on any atom is 0.137 e. The highest BCUT2D eigenvalue weighted by molar-refractivity contribution is 8.23. The van der Waals surface area contributed by atoms with Gasteiger partial charge in [-0.15, -0.1) is 0 Å². The molecule has 0 heterocycles. The Kier molecular flexibility index (Phi) is 5.26. The Morgan fingerprint density at radius 1 is 1.73 bits per heavy atom. The van der Waals surface area contributed by atoms with Gasteiger partial charge in [-0.25, -0.2) is 0 Å². The maximum absolute atomic E-state index is 8.61. The van der Waals surface area contributed by atoms with Gasteiger partial charge in [0.2, 0.25) is 0 Å². The second kappa shape index (κ2) is 5.39. The van der Waals surface area contributed by atoms with Crippen molar-refractivity contribution in [1.82, 2.24) is 4.90 Å². The molecule has 11 heavy (non-hydrogen) atoms. The molecule has 0 N–H and O–H groups in total. The van der Waals surface area contributed by atoms with Crippen molar-refractivity contribution in [3.63, 3.8) is 0 Å². The van der Waals surface area contributed by atoms with Crippen LogP contribution in [0.1, 0.15) is 13.3 Å². The zero-order valence-electron chi connectivity index (χ0n) is 7.00. The van der Waals surface area contributed by atoms with Crippen LogP contribution in [0.3, 0.4) is 0 Å². The van der Waals surface area contributed by atoms with Gasteiger partial charge in [-0.3, -0.25) is 0 Å². The van der Waals surface area contributed by atoms with Crippen LogP contribution in [0, 0.1) is 11.3 Å². The molecule has 1 atom stereocenters. The summed E-state index contributed by atoms with van der Waals surface area (Å²) in [5, 5.41) is 8.61. The van der Waals surface area contributed by atoms with Crippen molar-refractivity contribution in [1.29, 1.82) is 5.26 Å². The molecule has 0 bridgehead atoms. The molecule has 0 aliphatic carbocycles. The summed E-state index contributed by atoms with van der Waals surface area (Å²) in [7, 11) is 3.78. The van der Waals surface area contributed by atoms with E-state index < -0.39 is 0 Å². The minimum Gasteiger partial charge on any atom is -0.364 e. The molecule has 4 heteroatoms. The van der Waals surface area contributed by atoms with Gasteiger partial charge < -0.3 is 4.90 Å². The lowest BCUT2D eigenvalue weighted by molar-refractivity contribution is 0.647. The topological polar surface area (TPSA) is 27.0 Å². The largest absolute Gasteiger partial charge is 0.364 e. The minimum absolute atomic E-state index is 0.00454. The van der Waals surface area contributed by atoms with Crippen LogP contribution in [0.15, 0.2) is 0 Å². The molecular formula is C7H12N2S2. The van der Waals surface area contributed by atoms with Crippen LogP contribution in [-0.4, -0.2) is 28.6 Å². The van der Waals surface area contributed by atoms with Crippen LogP contribution in [0.5, 0.6) is 0 Å². The van der Waals surface area contributed by atoms with E-state index in [1.54, 1.807) is 0 Å². The Hall–Kier alpha value is -0.270. The third-order valence-corrected chi connectivity index (χ3v) is 3.07.